The van der Waals surface area contributed by atoms with E-state index in [1.54, 1.807) is 6.92 Å². The molecule has 1 aliphatic carbocycles. The lowest BCUT2D eigenvalue weighted by atomic mass is 10.2. The van der Waals surface area contributed by atoms with E-state index in [9.17, 15) is 14.0 Å². The molecular formula is C23H29ClFN3O2S. The van der Waals surface area contributed by atoms with Crippen molar-refractivity contribution in [3.8, 4) is 0 Å². The summed E-state index contributed by atoms with van der Waals surface area (Å²) in [4.78, 5) is 27.0. The predicted molar refractivity (Wildman–Crippen MR) is 131 cm³/mol. The summed E-state index contributed by atoms with van der Waals surface area (Å²) in [6.45, 7) is 7.70. The molecule has 2 amide bonds. The summed E-state index contributed by atoms with van der Waals surface area (Å²) in [6, 6.07) is 10.3. The molecule has 0 heterocycles. The topological polar surface area (TPSA) is 84.6 Å². The molecule has 3 N–H and O–H groups in total. The molecule has 0 bridgehead atoms. The Hall–Kier alpha value is -2.64. The number of carbonyl (C=O) groups excluding carboxylic acids is 2. The highest BCUT2D eigenvalue weighted by atomic mass is 35.5. The highest BCUT2D eigenvalue weighted by Crippen LogP contribution is 2.18. The molecule has 2 rings (SSSR count). The third-order valence-electron chi connectivity index (χ3n) is 3.53. The van der Waals surface area contributed by atoms with Gasteiger partial charge in [0.15, 0.2) is 0 Å². The largest absolute Gasteiger partial charge is 0.369 e. The zero-order valence-corrected chi connectivity index (χ0v) is 19.8. The van der Waals surface area contributed by atoms with Crippen LogP contribution in [0.2, 0.25) is 0 Å². The minimum absolute atomic E-state index is 0.0391. The van der Waals surface area contributed by atoms with Crippen LogP contribution in [-0.2, 0) is 9.59 Å². The van der Waals surface area contributed by atoms with Gasteiger partial charge < -0.3 is 11.1 Å². The van der Waals surface area contributed by atoms with Gasteiger partial charge in [-0.2, -0.15) is 0 Å². The van der Waals surface area contributed by atoms with Crippen molar-refractivity contribution in [1.29, 1.82) is 0 Å². The summed E-state index contributed by atoms with van der Waals surface area (Å²) in [7, 11) is 0. The maximum atomic E-state index is 13.1. The molecule has 0 fully saturated rings. The molecule has 1 aliphatic rings. The van der Waals surface area contributed by atoms with Crippen LogP contribution in [-0.4, -0.2) is 24.3 Å². The third kappa shape index (κ3) is 12.6. The van der Waals surface area contributed by atoms with Gasteiger partial charge in [-0.3, -0.25) is 9.59 Å². The first-order valence-electron chi connectivity index (χ1n) is 9.63. The number of hydrogen-bond donors (Lipinski definition) is 3. The molecule has 0 spiro atoms. The highest BCUT2D eigenvalue weighted by Gasteiger charge is 2.12. The maximum absolute atomic E-state index is 13.1. The Labute approximate surface area is 194 Å². The van der Waals surface area contributed by atoms with Gasteiger partial charge >= 0.3 is 0 Å². The van der Waals surface area contributed by atoms with Gasteiger partial charge in [0.2, 0.25) is 5.91 Å². The van der Waals surface area contributed by atoms with Gasteiger partial charge in [-0.25, -0.2) is 9.38 Å². The van der Waals surface area contributed by atoms with Crippen LogP contribution in [0.3, 0.4) is 0 Å². The summed E-state index contributed by atoms with van der Waals surface area (Å²) < 4.78 is 13.1. The molecule has 0 saturated carbocycles. The van der Waals surface area contributed by atoms with E-state index in [1.165, 1.54) is 29.9 Å². The van der Waals surface area contributed by atoms with Crippen molar-refractivity contribution in [2.24, 2.45) is 10.7 Å². The standard InChI is InChI=1S/C14H15ClFN3O2S.C7H8.C2H6/c1-8(12(22)6-13(17)20)18-7-19-14(21)10-4-2-9(16)3-5-11(10)15;1-7-5-3-2-4-6-7;1-2/h2-5,7,9,22H,6H2,1H3,(H2,17,20)(H,18,19,21);2-6H,1H3;1-2H3/b12-8-;;. The number of alkyl halides is 1. The van der Waals surface area contributed by atoms with Gasteiger partial charge in [0.05, 0.1) is 23.4 Å². The molecule has 0 radical (unpaired) electrons. The van der Waals surface area contributed by atoms with Gasteiger partial charge in [-0.05, 0) is 38.2 Å². The molecule has 8 heteroatoms. The first-order valence-corrected chi connectivity index (χ1v) is 10.5. The minimum atomic E-state index is -1.29. The summed E-state index contributed by atoms with van der Waals surface area (Å²) in [5.41, 5.74) is 6.91. The second-order valence-electron chi connectivity index (χ2n) is 5.99. The summed E-state index contributed by atoms with van der Waals surface area (Å²) in [5, 5.41) is 2.52. The Morgan fingerprint density at radius 3 is 2.32 bits per heavy atom. The number of primary amides is 1. The van der Waals surface area contributed by atoms with Crippen molar-refractivity contribution in [3.05, 3.63) is 81.4 Å². The first-order chi connectivity index (χ1) is 14.7. The predicted octanol–water partition coefficient (Wildman–Crippen LogP) is 5.15. The van der Waals surface area contributed by atoms with Crippen LogP contribution in [0.25, 0.3) is 0 Å². The van der Waals surface area contributed by atoms with Crippen LogP contribution in [0, 0.1) is 6.92 Å². The van der Waals surface area contributed by atoms with E-state index in [0.29, 0.717) is 10.6 Å². The summed E-state index contributed by atoms with van der Waals surface area (Å²) in [6.07, 6.45) is 4.87. The molecule has 1 aromatic carbocycles. The van der Waals surface area contributed by atoms with E-state index in [0.717, 1.165) is 6.34 Å². The van der Waals surface area contributed by atoms with E-state index in [2.05, 4.69) is 42.0 Å². The number of halogens is 2. The molecule has 1 atom stereocenters. The number of rotatable bonds is 5. The number of carbonyl (C=O) groups is 2. The van der Waals surface area contributed by atoms with Crippen LogP contribution in [0.15, 0.2) is 80.8 Å². The number of nitrogens with one attached hydrogen (secondary N) is 1. The number of benzene rings is 1. The van der Waals surface area contributed by atoms with Gasteiger partial charge in [-0.1, -0.05) is 61.3 Å². The zero-order valence-electron chi connectivity index (χ0n) is 18.1. The van der Waals surface area contributed by atoms with E-state index in [-0.39, 0.29) is 17.0 Å². The van der Waals surface area contributed by atoms with E-state index in [1.807, 2.05) is 32.0 Å². The number of nitrogens with two attached hydrogens (primary N) is 1. The normalized spacial score (nSPS) is 15.8. The van der Waals surface area contributed by atoms with E-state index >= 15 is 0 Å². The molecule has 0 saturated heterocycles. The number of thiol groups is 1. The van der Waals surface area contributed by atoms with Gasteiger partial charge in [0.25, 0.3) is 5.91 Å². The van der Waals surface area contributed by atoms with Crippen LogP contribution < -0.4 is 11.1 Å². The van der Waals surface area contributed by atoms with Crippen LogP contribution in [0.1, 0.15) is 32.8 Å². The van der Waals surface area contributed by atoms with Crippen molar-refractivity contribution in [3.63, 3.8) is 0 Å². The third-order valence-corrected chi connectivity index (χ3v) is 4.34. The highest BCUT2D eigenvalue weighted by molar-refractivity contribution is 7.84. The molecule has 0 aliphatic heterocycles. The van der Waals surface area contributed by atoms with Crippen molar-refractivity contribution in [1.82, 2.24) is 5.32 Å². The molecular weight excluding hydrogens is 437 g/mol. The summed E-state index contributed by atoms with van der Waals surface area (Å²) >= 11 is 9.98. The number of aliphatic imine (C=N–C) groups is 1. The Morgan fingerprint density at radius 1 is 1.23 bits per heavy atom. The van der Waals surface area contributed by atoms with Crippen molar-refractivity contribution < 1.29 is 14.0 Å². The number of nitrogens with zero attached hydrogens (tertiary/aromatic N) is 1. The Bertz CT molecular complexity index is 878. The zero-order chi connectivity index (χ0) is 23.8. The Kier molecular flexibility index (Phi) is 14.7. The van der Waals surface area contributed by atoms with Crippen LogP contribution in [0.4, 0.5) is 4.39 Å². The van der Waals surface area contributed by atoms with Crippen LogP contribution in [0.5, 0.6) is 0 Å². The van der Waals surface area contributed by atoms with Crippen molar-refractivity contribution in [2.75, 3.05) is 0 Å². The molecule has 0 aromatic heterocycles. The lowest BCUT2D eigenvalue weighted by Crippen LogP contribution is -2.23. The molecule has 31 heavy (non-hydrogen) atoms. The Balaban J connectivity index is 0.000000831. The van der Waals surface area contributed by atoms with Gasteiger partial charge in [0, 0.05) is 10.6 Å². The monoisotopic (exact) mass is 465 g/mol. The van der Waals surface area contributed by atoms with Crippen LogP contribution >= 0.6 is 24.2 Å². The lowest BCUT2D eigenvalue weighted by Gasteiger charge is -2.03. The fourth-order valence-electron chi connectivity index (χ4n) is 1.95. The number of allylic oxidation sites excluding steroid dienone is 5. The smallest absolute Gasteiger partial charge is 0.257 e. The fourth-order valence-corrected chi connectivity index (χ4v) is 2.38. The fraction of sp³-hybridized carbons (Fsp3) is 0.261. The Morgan fingerprint density at radius 2 is 1.81 bits per heavy atom. The molecule has 5 nitrogen and oxygen atoms in total. The quantitative estimate of drug-likeness (QED) is 0.319. The number of aryl methyl sites for hydroxylation is 1. The second-order valence-corrected chi connectivity index (χ2v) is 6.93. The van der Waals surface area contributed by atoms with Gasteiger partial charge in [0.1, 0.15) is 6.17 Å². The van der Waals surface area contributed by atoms with Crippen molar-refractivity contribution in [2.45, 2.75) is 40.3 Å². The SMILES string of the molecule is C/C(N=CNC(=O)C1=C(Cl)C=CC(F)C=C1)=C(/S)CC(N)=O.CC.Cc1ccccc1. The lowest BCUT2D eigenvalue weighted by molar-refractivity contribution is -0.117. The summed E-state index contributed by atoms with van der Waals surface area (Å²) in [5.74, 6) is -1.07. The van der Waals surface area contributed by atoms with Gasteiger partial charge in [-0.15, -0.1) is 12.6 Å². The first kappa shape index (κ1) is 28.4. The number of amides is 2. The number of hydrogen-bond acceptors (Lipinski definition) is 4. The maximum Gasteiger partial charge on any atom is 0.257 e. The van der Waals surface area contributed by atoms with E-state index < -0.39 is 18.0 Å². The van der Waals surface area contributed by atoms with E-state index in [4.69, 9.17) is 17.3 Å². The molecule has 1 aromatic rings. The molecule has 168 valence electrons. The average molecular weight is 466 g/mol. The minimum Gasteiger partial charge on any atom is -0.369 e. The average Bonchev–Trinajstić information content (AvgIpc) is 2.90. The molecule has 1 unspecified atom stereocenters. The second kappa shape index (κ2) is 16.1. The van der Waals surface area contributed by atoms with Crippen molar-refractivity contribution >= 4 is 42.4 Å².